The smallest absolute Gasteiger partial charge is 0.0464 e. The molecule has 0 bridgehead atoms. The Balaban J connectivity index is 1.29. The summed E-state index contributed by atoms with van der Waals surface area (Å²) in [6, 6.07) is 64.6. The van der Waals surface area contributed by atoms with Gasteiger partial charge in [0, 0.05) is 51.2 Å². The average molecular weight is 634 g/mol. The van der Waals surface area contributed by atoms with Crippen molar-refractivity contribution in [1.82, 2.24) is 0 Å². The highest BCUT2D eigenvalue weighted by atomic mass is 15.2. The molecule has 0 aliphatic heterocycles. The maximum Gasteiger partial charge on any atom is 0.0464 e. The van der Waals surface area contributed by atoms with Crippen LogP contribution in [-0.2, 0) is 0 Å². The molecule has 0 unspecified atom stereocenters. The van der Waals surface area contributed by atoms with Gasteiger partial charge in [0.1, 0.15) is 0 Å². The van der Waals surface area contributed by atoms with E-state index in [1.807, 2.05) is 6.08 Å². The molecule has 7 rings (SSSR count). The largest absolute Gasteiger partial charge is 0.311 e. The van der Waals surface area contributed by atoms with Crippen LogP contribution in [0.15, 0.2) is 189 Å². The number of hydrogen-bond acceptors (Lipinski definition) is 3. The third-order valence-corrected chi connectivity index (χ3v) is 8.67. The van der Waals surface area contributed by atoms with Gasteiger partial charge in [0.2, 0.25) is 0 Å². The molecule has 0 spiro atoms. The molecule has 0 N–H and O–H groups in total. The zero-order chi connectivity index (χ0) is 33.6. The molecule has 0 amide bonds. The molecule has 0 saturated heterocycles. The first-order valence-electron chi connectivity index (χ1n) is 16.6. The second-order valence-electron chi connectivity index (χ2n) is 12.2. The molecular formula is C46H39N3. The summed E-state index contributed by atoms with van der Waals surface area (Å²) in [5.41, 5.74) is 13.4. The van der Waals surface area contributed by atoms with Crippen molar-refractivity contribution in [3.63, 3.8) is 0 Å². The first-order chi connectivity index (χ1) is 24.1. The summed E-state index contributed by atoms with van der Waals surface area (Å²) in [5, 5.41) is 0. The fourth-order valence-corrected chi connectivity index (χ4v) is 6.29. The van der Waals surface area contributed by atoms with E-state index in [-0.39, 0.29) is 0 Å². The second kappa shape index (κ2) is 14.2. The van der Waals surface area contributed by atoms with Crippen molar-refractivity contribution in [1.29, 1.82) is 0 Å². The average Bonchev–Trinajstić information content (AvgIpc) is 3.15. The summed E-state index contributed by atoms with van der Waals surface area (Å²) >= 11 is 0. The monoisotopic (exact) mass is 633 g/mol. The first kappa shape index (κ1) is 31.3. The number of aryl methyl sites for hydroxylation is 2. The first-order valence-corrected chi connectivity index (χ1v) is 16.6. The summed E-state index contributed by atoms with van der Waals surface area (Å²) < 4.78 is 0. The van der Waals surface area contributed by atoms with E-state index in [4.69, 9.17) is 0 Å². The highest BCUT2D eigenvalue weighted by molar-refractivity contribution is 5.83. The van der Waals surface area contributed by atoms with E-state index in [0.717, 1.165) is 56.7 Å². The van der Waals surface area contributed by atoms with Gasteiger partial charge in [-0.2, -0.15) is 0 Å². The van der Waals surface area contributed by atoms with Crippen LogP contribution in [0.25, 0.3) is 6.08 Å². The second-order valence-corrected chi connectivity index (χ2v) is 12.2. The van der Waals surface area contributed by atoms with Gasteiger partial charge in [0.15, 0.2) is 0 Å². The van der Waals surface area contributed by atoms with Crippen LogP contribution in [0, 0.1) is 13.8 Å². The number of rotatable bonds is 10. The van der Waals surface area contributed by atoms with Crippen LogP contribution < -0.4 is 14.7 Å². The molecule has 0 heterocycles. The Bertz CT molecular complexity index is 2000. The topological polar surface area (TPSA) is 9.72 Å². The lowest BCUT2D eigenvalue weighted by atomic mass is 10.1. The van der Waals surface area contributed by atoms with Crippen LogP contribution in [0.5, 0.6) is 0 Å². The van der Waals surface area contributed by atoms with E-state index in [1.54, 1.807) is 0 Å². The molecule has 3 heteroatoms. The Morgan fingerprint density at radius 1 is 0.327 bits per heavy atom. The van der Waals surface area contributed by atoms with E-state index in [9.17, 15) is 0 Å². The lowest BCUT2D eigenvalue weighted by molar-refractivity contribution is 1.24. The lowest BCUT2D eigenvalue weighted by Gasteiger charge is -2.29. The van der Waals surface area contributed by atoms with Crippen molar-refractivity contribution >= 4 is 57.3 Å². The van der Waals surface area contributed by atoms with Gasteiger partial charge in [-0.3, -0.25) is 0 Å². The Hall–Kier alpha value is -6.32. The highest BCUT2D eigenvalue weighted by Crippen LogP contribution is 2.41. The minimum Gasteiger partial charge on any atom is -0.311 e. The molecule has 238 valence electrons. The molecule has 0 atom stereocenters. The third-order valence-electron chi connectivity index (χ3n) is 8.67. The molecule has 0 radical (unpaired) electrons. The maximum absolute atomic E-state index is 3.96. The number of hydrogen-bond donors (Lipinski definition) is 0. The predicted octanol–water partition coefficient (Wildman–Crippen LogP) is 13.4. The van der Waals surface area contributed by atoms with Gasteiger partial charge in [-0.25, -0.2) is 0 Å². The molecule has 7 aromatic carbocycles. The van der Waals surface area contributed by atoms with Crippen molar-refractivity contribution in [2.24, 2.45) is 0 Å². The van der Waals surface area contributed by atoms with Crippen molar-refractivity contribution in [3.8, 4) is 0 Å². The number of benzene rings is 7. The minimum absolute atomic E-state index is 1.07. The standard InChI is InChI=1S/C46H39N3/c1-4-37-21-23-40(24-22-37)47(41-25-29-43(30-26-41)48(38-15-7-5-8-16-38)45-19-11-13-35(2)33-45)42-27-31-44(32-28-42)49(39-17-9-6-10-18-39)46-20-12-14-36(3)34-46/h4-34H,1H2,2-3H3. The predicted molar refractivity (Wildman–Crippen MR) is 210 cm³/mol. The fraction of sp³-hybridized carbons (Fsp3) is 0.0435. The Morgan fingerprint density at radius 3 is 0.939 bits per heavy atom. The molecule has 0 aromatic heterocycles. The summed E-state index contributed by atoms with van der Waals surface area (Å²) in [7, 11) is 0. The number of nitrogens with zero attached hydrogens (tertiary/aromatic N) is 3. The quantitative estimate of drug-likeness (QED) is 0.148. The summed E-state index contributed by atoms with van der Waals surface area (Å²) in [6.45, 7) is 8.23. The van der Waals surface area contributed by atoms with Crippen LogP contribution in [0.4, 0.5) is 51.2 Å². The summed E-state index contributed by atoms with van der Waals surface area (Å²) in [5.74, 6) is 0. The van der Waals surface area contributed by atoms with Crippen LogP contribution in [-0.4, -0.2) is 0 Å². The number of anilines is 9. The number of para-hydroxylation sites is 2. The van der Waals surface area contributed by atoms with Gasteiger partial charge in [-0.15, -0.1) is 0 Å². The van der Waals surface area contributed by atoms with Gasteiger partial charge in [0.25, 0.3) is 0 Å². The SMILES string of the molecule is C=Cc1ccc(N(c2ccc(N(c3ccccc3)c3cccc(C)c3)cc2)c2ccc(N(c3ccccc3)c3cccc(C)c3)cc2)cc1. The molecule has 0 saturated carbocycles. The zero-order valence-corrected chi connectivity index (χ0v) is 27.9. The molecule has 49 heavy (non-hydrogen) atoms. The lowest BCUT2D eigenvalue weighted by Crippen LogP contribution is -2.13. The molecule has 0 aliphatic carbocycles. The van der Waals surface area contributed by atoms with E-state index in [2.05, 4.69) is 217 Å². The van der Waals surface area contributed by atoms with E-state index >= 15 is 0 Å². The van der Waals surface area contributed by atoms with Crippen LogP contribution in [0.2, 0.25) is 0 Å². The summed E-state index contributed by atoms with van der Waals surface area (Å²) in [6.07, 6.45) is 1.88. The Kier molecular flexibility index (Phi) is 9.07. The van der Waals surface area contributed by atoms with Crippen molar-refractivity contribution in [2.75, 3.05) is 14.7 Å². The van der Waals surface area contributed by atoms with Gasteiger partial charge in [-0.1, -0.05) is 85.5 Å². The minimum atomic E-state index is 1.07. The molecule has 0 fully saturated rings. The van der Waals surface area contributed by atoms with Gasteiger partial charge in [0.05, 0.1) is 0 Å². The third kappa shape index (κ3) is 6.88. The fourth-order valence-electron chi connectivity index (χ4n) is 6.29. The van der Waals surface area contributed by atoms with Crippen LogP contribution in [0.3, 0.4) is 0 Å². The zero-order valence-electron chi connectivity index (χ0n) is 27.9. The van der Waals surface area contributed by atoms with E-state index in [1.165, 1.54) is 11.1 Å². The Labute approximate surface area is 290 Å². The van der Waals surface area contributed by atoms with Crippen LogP contribution in [0.1, 0.15) is 16.7 Å². The van der Waals surface area contributed by atoms with E-state index < -0.39 is 0 Å². The Morgan fingerprint density at radius 2 is 0.612 bits per heavy atom. The van der Waals surface area contributed by atoms with Gasteiger partial charge < -0.3 is 14.7 Å². The molecule has 7 aromatic rings. The molecule has 0 aliphatic rings. The van der Waals surface area contributed by atoms with Crippen LogP contribution >= 0.6 is 0 Å². The van der Waals surface area contributed by atoms with Gasteiger partial charge >= 0.3 is 0 Å². The highest BCUT2D eigenvalue weighted by Gasteiger charge is 2.18. The van der Waals surface area contributed by atoms with Crippen molar-refractivity contribution in [3.05, 3.63) is 205 Å². The van der Waals surface area contributed by atoms with Gasteiger partial charge in [-0.05, 0) is 140 Å². The summed E-state index contributed by atoms with van der Waals surface area (Å²) in [4.78, 5) is 6.91. The van der Waals surface area contributed by atoms with Crippen molar-refractivity contribution in [2.45, 2.75) is 13.8 Å². The molecular weight excluding hydrogens is 595 g/mol. The maximum atomic E-state index is 3.96. The van der Waals surface area contributed by atoms with Crippen molar-refractivity contribution < 1.29 is 0 Å². The normalized spacial score (nSPS) is 10.7. The molecule has 3 nitrogen and oxygen atoms in total. The van der Waals surface area contributed by atoms with E-state index in [0.29, 0.717) is 0 Å².